The van der Waals surface area contributed by atoms with Gasteiger partial charge in [0.1, 0.15) is 5.75 Å². The second kappa shape index (κ2) is 20.9. The van der Waals surface area contributed by atoms with Crippen LogP contribution in [0.15, 0.2) is 24.3 Å². The molecule has 7 nitrogen and oxygen atoms in total. The molecule has 0 aliphatic carbocycles. The summed E-state index contributed by atoms with van der Waals surface area (Å²) < 4.78 is 26.5. The van der Waals surface area contributed by atoms with Gasteiger partial charge in [0.15, 0.2) is 0 Å². The maximum absolute atomic E-state index is 10.9. The molecular weight excluding hydrogens is 410 g/mol. The first-order valence-electron chi connectivity index (χ1n) is 10.5. The summed E-state index contributed by atoms with van der Waals surface area (Å²) in [5.74, 6) is 0.656. The number of unbranched alkanes of at least 4 members (excludes halogenated alkanes) is 3. The highest BCUT2D eigenvalue weighted by Gasteiger charge is 1.99. The Balaban J connectivity index is 0.00000841. The van der Waals surface area contributed by atoms with E-state index in [9.17, 15) is 4.79 Å². The van der Waals surface area contributed by atoms with Gasteiger partial charge < -0.3 is 29.4 Å². The number of carbonyl (C=O) groups excluding carboxylic acids is 1. The summed E-state index contributed by atoms with van der Waals surface area (Å²) in [6.07, 6.45) is 5.53. The van der Waals surface area contributed by atoms with E-state index in [1.54, 1.807) is 0 Å². The van der Waals surface area contributed by atoms with Crippen molar-refractivity contribution in [2.75, 3.05) is 59.9 Å². The van der Waals surface area contributed by atoms with E-state index in [0.29, 0.717) is 39.6 Å². The largest absolute Gasteiger partial charge is 0.494 e. The third kappa shape index (κ3) is 16.4. The van der Waals surface area contributed by atoms with E-state index in [1.165, 1.54) is 12.7 Å². The van der Waals surface area contributed by atoms with E-state index in [-0.39, 0.29) is 24.8 Å². The van der Waals surface area contributed by atoms with Crippen LogP contribution in [-0.4, -0.2) is 65.9 Å². The van der Waals surface area contributed by atoms with Gasteiger partial charge in [-0.1, -0.05) is 18.6 Å². The fraction of sp³-hybridized carbons (Fsp3) is 0.682. The van der Waals surface area contributed by atoms with Gasteiger partial charge in [0.25, 0.3) is 0 Å². The molecule has 0 amide bonds. The molecule has 0 saturated carbocycles. The molecule has 0 aliphatic heterocycles. The van der Waals surface area contributed by atoms with Crippen LogP contribution >= 0.6 is 12.4 Å². The van der Waals surface area contributed by atoms with Crippen LogP contribution < -0.4 is 10.5 Å². The van der Waals surface area contributed by atoms with E-state index in [2.05, 4.69) is 16.9 Å². The molecule has 174 valence electrons. The predicted octanol–water partition coefficient (Wildman–Crippen LogP) is 3.16. The minimum atomic E-state index is -0.264. The lowest BCUT2D eigenvalue weighted by Crippen LogP contribution is -2.12. The first kappa shape index (κ1) is 28.6. The Morgan fingerprint density at radius 2 is 1.37 bits per heavy atom. The first-order valence-corrected chi connectivity index (χ1v) is 10.5. The number of carbonyl (C=O) groups is 1. The molecule has 0 radical (unpaired) electrons. The monoisotopic (exact) mass is 447 g/mol. The lowest BCUT2D eigenvalue weighted by Gasteiger charge is -2.08. The van der Waals surface area contributed by atoms with Gasteiger partial charge in [0.2, 0.25) is 0 Å². The summed E-state index contributed by atoms with van der Waals surface area (Å²) in [5, 5.41) is 0. The lowest BCUT2D eigenvalue weighted by molar-refractivity contribution is -0.141. The Morgan fingerprint density at radius 3 is 1.97 bits per heavy atom. The number of nitrogens with two attached hydrogens (primary N) is 1. The predicted molar refractivity (Wildman–Crippen MR) is 120 cm³/mol. The Labute approximate surface area is 186 Å². The highest BCUT2D eigenvalue weighted by Crippen LogP contribution is 2.13. The number of benzene rings is 1. The van der Waals surface area contributed by atoms with E-state index >= 15 is 0 Å². The normalized spacial score (nSPS) is 10.5. The third-order valence-electron chi connectivity index (χ3n) is 4.23. The van der Waals surface area contributed by atoms with E-state index < -0.39 is 0 Å². The van der Waals surface area contributed by atoms with Crippen molar-refractivity contribution in [3.05, 3.63) is 29.8 Å². The van der Waals surface area contributed by atoms with Crippen LogP contribution in [0.5, 0.6) is 5.75 Å². The summed E-state index contributed by atoms with van der Waals surface area (Å²) in [6, 6.07) is 8.16. The Hall–Kier alpha value is -1.38. The quantitative estimate of drug-likeness (QED) is 0.257. The fourth-order valence-electron chi connectivity index (χ4n) is 2.57. The van der Waals surface area contributed by atoms with Gasteiger partial charge in [-0.3, -0.25) is 4.79 Å². The van der Waals surface area contributed by atoms with Gasteiger partial charge >= 0.3 is 5.97 Å². The SMILES string of the molecule is COC(=O)CCOCCOCCOCCCCCCOc1ccc(CCN)cc1.Cl. The molecule has 1 aromatic rings. The highest BCUT2D eigenvalue weighted by atomic mass is 35.5. The van der Waals surface area contributed by atoms with E-state index in [0.717, 1.165) is 51.1 Å². The number of methoxy groups -OCH3 is 1. The van der Waals surface area contributed by atoms with Gasteiger partial charge in [0, 0.05) is 6.61 Å². The average molecular weight is 448 g/mol. The summed E-state index contributed by atoms with van der Waals surface area (Å²) in [5.41, 5.74) is 6.79. The summed E-state index contributed by atoms with van der Waals surface area (Å²) >= 11 is 0. The molecule has 1 rings (SSSR count). The molecule has 0 aliphatic rings. The van der Waals surface area contributed by atoms with Crippen molar-refractivity contribution in [3.8, 4) is 5.75 Å². The third-order valence-corrected chi connectivity index (χ3v) is 4.23. The van der Waals surface area contributed by atoms with Crippen molar-refractivity contribution in [1.82, 2.24) is 0 Å². The molecule has 0 spiro atoms. The van der Waals surface area contributed by atoms with Crippen LogP contribution in [0.1, 0.15) is 37.7 Å². The molecule has 30 heavy (non-hydrogen) atoms. The maximum atomic E-state index is 10.9. The Morgan fingerprint density at radius 1 is 0.800 bits per heavy atom. The molecule has 8 heteroatoms. The van der Waals surface area contributed by atoms with Crippen molar-refractivity contribution >= 4 is 18.4 Å². The molecule has 0 atom stereocenters. The van der Waals surface area contributed by atoms with Crippen LogP contribution in [0.4, 0.5) is 0 Å². The lowest BCUT2D eigenvalue weighted by atomic mass is 10.1. The molecule has 0 fully saturated rings. The van der Waals surface area contributed by atoms with Crippen LogP contribution in [0, 0.1) is 0 Å². The molecule has 2 N–H and O–H groups in total. The van der Waals surface area contributed by atoms with Crippen LogP contribution in [0.25, 0.3) is 0 Å². The van der Waals surface area contributed by atoms with Gasteiger partial charge in [-0.2, -0.15) is 0 Å². The van der Waals surface area contributed by atoms with Gasteiger partial charge in [-0.15, -0.1) is 12.4 Å². The summed E-state index contributed by atoms with van der Waals surface area (Å²) in [7, 11) is 1.37. The van der Waals surface area contributed by atoms with Gasteiger partial charge in [0.05, 0.1) is 53.2 Å². The molecule has 0 bridgehead atoms. The molecule has 0 unspecified atom stereocenters. The van der Waals surface area contributed by atoms with E-state index in [4.69, 9.17) is 24.7 Å². The summed E-state index contributed by atoms with van der Waals surface area (Å²) in [6.45, 7) is 4.64. The topological polar surface area (TPSA) is 89.2 Å². The molecule has 0 saturated heterocycles. The minimum absolute atomic E-state index is 0. The number of halogens is 1. The standard InChI is InChI=1S/C22H37NO6.ClH/c1-25-22(24)11-15-27-17-19-28-18-16-26-13-4-2-3-5-14-29-21-8-6-20(7-9-21)10-12-23;/h6-9H,2-5,10-19,23H2,1H3;1H. The van der Waals surface area contributed by atoms with Crippen LogP contribution in [0.3, 0.4) is 0 Å². The average Bonchev–Trinajstić information content (AvgIpc) is 2.74. The Kier molecular flexibility index (Phi) is 19.9. The number of ether oxygens (including phenoxy) is 5. The van der Waals surface area contributed by atoms with Crippen molar-refractivity contribution < 1.29 is 28.5 Å². The smallest absolute Gasteiger partial charge is 0.307 e. The maximum Gasteiger partial charge on any atom is 0.307 e. The van der Waals surface area contributed by atoms with Crippen molar-refractivity contribution in [3.63, 3.8) is 0 Å². The number of hydrogen-bond acceptors (Lipinski definition) is 7. The van der Waals surface area contributed by atoms with Crippen molar-refractivity contribution in [2.24, 2.45) is 5.73 Å². The number of hydrogen-bond donors (Lipinski definition) is 1. The molecule has 0 heterocycles. The second-order valence-electron chi connectivity index (χ2n) is 6.61. The summed E-state index contributed by atoms with van der Waals surface area (Å²) in [4.78, 5) is 10.9. The fourth-order valence-corrected chi connectivity index (χ4v) is 2.57. The number of rotatable bonds is 19. The highest BCUT2D eigenvalue weighted by molar-refractivity contribution is 5.85. The molecule has 0 aromatic heterocycles. The molecular formula is C22H38ClNO6. The zero-order chi connectivity index (χ0) is 21.0. The zero-order valence-corrected chi connectivity index (χ0v) is 19.0. The van der Waals surface area contributed by atoms with Gasteiger partial charge in [-0.05, 0) is 49.9 Å². The van der Waals surface area contributed by atoms with Gasteiger partial charge in [-0.25, -0.2) is 0 Å². The van der Waals surface area contributed by atoms with Crippen molar-refractivity contribution in [1.29, 1.82) is 0 Å². The zero-order valence-electron chi connectivity index (χ0n) is 18.1. The molecule has 1 aromatic carbocycles. The minimum Gasteiger partial charge on any atom is -0.494 e. The first-order chi connectivity index (χ1) is 14.3. The van der Waals surface area contributed by atoms with E-state index in [1.807, 2.05) is 12.1 Å². The Bertz CT molecular complexity index is 515. The van der Waals surface area contributed by atoms with Crippen molar-refractivity contribution in [2.45, 2.75) is 38.5 Å². The number of esters is 1. The van der Waals surface area contributed by atoms with Crippen LogP contribution in [-0.2, 0) is 30.2 Å². The second-order valence-corrected chi connectivity index (χ2v) is 6.61. The van der Waals surface area contributed by atoms with Crippen LogP contribution in [0.2, 0.25) is 0 Å².